The molecule has 0 saturated heterocycles. The fourth-order valence-electron chi connectivity index (χ4n) is 1.62. The fraction of sp³-hybridized carbons (Fsp3) is 1.00. The number of halogens is 2. The molecular formula is C10H20Br2. The van der Waals surface area contributed by atoms with Crippen LogP contribution in [0.2, 0.25) is 0 Å². The summed E-state index contributed by atoms with van der Waals surface area (Å²) in [5.41, 5.74) is 0. The number of rotatable bonds is 7. The number of hydrogen-bond acceptors (Lipinski definition) is 0. The Balaban J connectivity index is 3.84. The average molecular weight is 300 g/mol. The zero-order valence-corrected chi connectivity index (χ0v) is 11.3. The van der Waals surface area contributed by atoms with E-state index in [9.17, 15) is 0 Å². The predicted octanol–water partition coefficient (Wildman–Crippen LogP) is 4.61. The monoisotopic (exact) mass is 298 g/mol. The van der Waals surface area contributed by atoms with Crippen molar-refractivity contribution in [1.29, 1.82) is 0 Å². The van der Waals surface area contributed by atoms with E-state index in [0.29, 0.717) is 0 Å². The van der Waals surface area contributed by atoms with Crippen molar-refractivity contribution in [1.82, 2.24) is 0 Å². The third kappa shape index (κ3) is 4.86. The summed E-state index contributed by atoms with van der Waals surface area (Å²) >= 11 is 7.21. The van der Waals surface area contributed by atoms with E-state index in [2.05, 4.69) is 45.7 Å². The second kappa shape index (κ2) is 8.55. The maximum absolute atomic E-state index is 3.61. The Kier molecular flexibility index (Phi) is 9.24. The highest BCUT2D eigenvalue weighted by molar-refractivity contribution is 9.09. The van der Waals surface area contributed by atoms with E-state index in [1.165, 1.54) is 25.7 Å². The molecule has 0 rings (SSSR count). The van der Waals surface area contributed by atoms with Crippen molar-refractivity contribution in [3.8, 4) is 0 Å². The van der Waals surface area contributed by atoms with Gasteiger partial charge in [0.15, 0.2) is 0 Å². The second-order valence-corrected chi connectivity index (χ2v) is 4.70. The first-order valence-corrected chi connectivity index (χ1v) is 7.16. The minimum Gasteiger partial charge on any atom is -0.0925 e. The minimum atomic E-state index is 0.870. The summed E-state index contributed by atoms with van der Waals surface area (Å²) < 4.78 is 0. The summed E-state index contributed by atoms with van der Waals surface area (Å²) in [5, 5.41) is 2.33. The molecule has 0 aliphatic heterocycles. The summed E-state index contributed by atoms with van der Waals surface area (Å²) in [6.45, 7) is 4.54. The standard InChI is InChI=1S/C10H20Br2/c1-3-5-9(7-11)10(8-12)6-4-2/h9-10H,3-8H2,1-2H3/t9-,10-/m0/s1. The van der Waals surface area contributed by atoms with Gasteiger partial charge in [0.25, 0.3) is 0 Å². The van der Waals surface area contributed by atoms with E-state index >= 15 is 0 Å². The third-order valence-corrected chi connectivity index (χ3v) is 4.05. The first-order valence-electron chi connectivity index (χ1n) is 4.92. The van der Waals surface area contributed by atoms with E-state index < -0.39 is 0 Å². The molecule has 0 aromatic carbocycles. The lowest BCUT2D eigenvalue weighted by molar-refractivity contribution is 0.354. The lowest BCUT2D eigenvalue weighted by Gasteiger charge is -2.22. The largest absolute Gasteiger partial charge is 0.0925 e. The van der Waals surface area contributed by atoms with Gasteiger partial charge in [0.05, 0.1) is 0 Å². The fourth-order valence-corrected chi connectivity index (χ4v) is 3.32. The molecule has 0 radical (unpaired) electrons. The molecule has 0 fully saturated rings. The molecule has 0 nitrogen and oxygen atoms in total. The molecule has 0 aliphatic carbocycles. The molecule has 0 amide bonds. The van der Waals surface area contributed by atoms with Crippen LogP contribution in [0.4, 0.5) is 0 Å². The topological polar surface area (TPSA) is 0 Å². The third-order valence-electron chi connectivity index (χ3n) is 2.38. The van der Waals surface area contributed by atoms with Gasteiger partial charge in [-0.2, -0.15) is 0 Å². The molecule has 2 heteroatoms. The van der Waals surface area contributed by atoms with Gasteiger partial charge in [-0.25, -0.2) is 0 Å². The van der Waals surface area contributed by atoms with Crippen molar-refractivity contribution in [3.63, 3.8) is 0 Å². The van der Waals surface area contributed by atoms with Crippen molar-refractivity contribution < 1.29 is 0 Å². The van der Waals surface area contributed by atoms with E-state index in [0.717, 1.165) is 22.5 Å². The second-order valence-electron chi connectivity index (χ2n) is 3.41. The Morgan fingerprint density at radius 1 is 0.833 bits per heavy atom. The lowest BCUT2D eigenvalue weighted by atomic mass is 9.88. The van der Waals surface area contributed by atoms with Gasteiger partial charge in [0, 0.05) is 10.7 Å². The number of hydrogen-bond donors (Lipinski definition) is 0. The Bertz CT molecular complexity index is 81.8. The van der Waals surface area contributed by atoms with Crippen molar-refractivity contribution in [2.45, 2.75) is 39.5 Å². The Morgan fingerprint density at radius 2 is 1.17 bits per heavy atom. The normalized spacial score (nSPS) is 16.0. The molecule has 0 heterocycles. The van der Waals surface area contributed by atoms with E-state index in [4.69, 9.17) is 0 Å². The smallest absolute Gasteiger partial charge is 0.00626 e. The zero-order valence-electron chi connectivity index (χ0n) is 8.15. The highest BCUT2D eigenvalue weighted by Gasteiger charge is 2.17. The van der Waals surface area contributed by atoms with Gasteiger partial charge < -0.3 is 0 Å². The van der Waals surface area contributed by atoms with E-state index in [1.54, 1.807) is 0 Å². The molecule has 0 bridgehead atoms. The molecule has 0 aromatic heterocycles. The highest BCUT2D eigenvalue weighted by atomic mass is 79.9. The van der Waals surface area contributed by atoms with Gasteiger partial charge in [0.1, 0.15) is 0 Å². The van der Waals surface area contributed by atoms with Gasteiger partial charge in [-0.3, -0.25) is 0 Å². The average Bonchev–Trinajstić information content (AvgIpc) is 2.11. The number of alkyl halides is 2. The molecule has 0 N–H and O–H groups in total. The summed E-state index contributed by atoms with van der Waals surface area (Å²) in [7, 11) is 0. The van der Waals surface area contributed by atoms with Gasteiger partial charge >= 0.3 is 0 Å². The van der Waals surface area contributed by atoms with Gasteiger partial charge in [-0.1, -0.05) is 58.5 Å². The summed E-state index contributed by atoms with van der Waals surface area (Å²) in [6, 6.07) is 0. The molecule has 12 heavy (non-hydrogen) atoms. The Hall–Kier alpha value is 0.960. The van der Waals surface area contributed by atoms with Crippen LogP contribution in [0.3, 0.4) is 0 Å². The van der Waals surface area contributed by atoms with Crippen LogP contribution in [-0.2, 0) is 0 Å². The van der Waals surface area contributed by atoms with Crippen LogP contribution in [0.15, 0.2) is 0 Å². The van der Waals surface area contributed by atoms with Crippen LogP contribution in [0.5, 0.6) is 0 Å². The van der Waals surface area contributed by atoms with Crippen molar-refractivity contribution in [3.05, 3.63) is 0 Å². The molecule has 0 spiro atoms. The van der Waals surface area contributed by atoms with E-state index in [1.807, 2.05) is 0 Å². The van der Waals surface area contributed by atoms with Gasteiger partial charge in [0.2, 0.25) is 0 Å². The molecule has 0 aromatic rings. The van der Waals surface area contributed by atoms with Gasteiger partial charge in [-0.05, 0) is 24.7 Å². The van der Waals surface area contributed by atoms with Crippen molar-refractivity contribution >= 4 is 31.9 Å². The summed E-state index contributed by atoms with van der Waals surface area (Å²) in [6.07, 6.45) is 5.34. The zero-order chi connectivity index (χ0) is 9.40. The molecule has 74 valence electrons. The Labute approximate surface area is 93.8 Å². The van der Waals surface area contributed by atoms with Crippen molar-refractivity contribution in [2.75, 3.05) is 10.7 Å². The van der Waals surface area contributed by atoms with Crippen LogP contribution in [0, 0.1) is 11.8 Å². The highest BCUT2D eigenvalue weighted by Crippen LogP contribution is 2.25. The molecule has 2 atom stereocenters. The summed E-state index contributed by atoms with van der Waals surface area (Å²) in [4.78, 5) is 0. The van der Waals surface area contributed by atoms with Crippen LogP contribution >= 0.6 is 31.9 Å². The molecule has 0 aliphatic rings. The lowest BCUT2D eigenvalue weighted by Crippen LogP contribution is -2.17. The van der Waals surface area contributed by atoms with Crippen LogP contribution in [-0.4, -0.2) is 10.7 Å². The summed E-state index contributed by atoms with van der Waals surface area (Å²) in [5.74, 6) is 1.74. The SMILES string of the molecule is CCC[C@@H](CBr)[C@H](CBr)CCC. The maximum Gasteiger partial charge on any atom is 0.00626 e. The Morgan fingerprint density at radius 3 is 1.33 bits per heavy atom. The quantitative estimate of drug-likeness (QED) is 0.602. The molecule has 0 unspecified atom stereocenters. The first-order chi connectivity index (χ1) is 5.79. The van der Waals surface area contributed by atoms with Crippen LogP contribution < -0.4 is 0 Å². The molecular weight excluding hydrogens is 280 g/mol. The molecule has 0 saturated carbocycles. The van der Waals surface area contributed by atoms with E-state index in [-0.39, 0.29) is 0 Å². The van der Waals surface area contributed by atoms with Crippen molar-refractivity contribution in [2.24, 2.45) is 11.8 Å². The van der Waals surface area contributed by atoms with Gasteiger partial charge in [-0.15, -0.1) is 0 Å². The van der Waals surface area contributed by atoms with Crippen LogP contribution in [0.1, 0.15) is 39.5 Å². The predicted molar refractivity (Wildman–Crippen MR) is 64.4 cm³/mol. The first kappa shape index (κ1) is 13.0. The minimum absolute atomic E-state index is 0.870. The van der Waals surface area contributed by atoms with Crippen LogP contribution in [0.25, 0.3) is 0 Å². The maximum atomic E-state index is 3.61.